The number of halogens is 1. The summed E-state index contributed by atoms with van der Waals surface area (Å²) >= 11 is 10.2. The number of thiocarbonyl (C=S) groups is 1. The van der Waals surface area contributed by atoms with Crippen molar-refractivity contribution in [3.05, 3.63) is 92.3 Å². The lowest BCUT2D eigenvalue weighted by atomic mass is 10.1. The zero-order chi connectivity index (χ0) is 25.1. The van der Waals surface area contributed by atoms with Crippen LogP contribution in [0.1, 0.15) is 22.3 Å². The Morgan fingerprint density at radius 1 is 1.09 bits per heavy atom. The molecule has 8 heteroatoms. The Balaban J connectivity index is 1.43. The van der Waals surface area contributed by atoms with Gasteiger partial charge in [-0.1, -0.05) is 64.2 Å². The fourth-order valence-corrected chi connectivity index (χ4v) is 5.72. The van der Waals surface area contributed by atoms with Gasteiger partial charge in [0.2, 0.25) is 0 Å². The number of thioether (sulfide) groups is 1. The van der Waals surface area contributed by atoms with E-state index in [1.807, 2.05) is 69.3 Å². The number of rotatable bonds is 6. The smallest absolute Gasteiger partial charge is 0.270 e. The molecule has 0 unspecified atom stereocenters. The number of anilines is 2. The molecule has 1 saturated heterocycles. The summed E-state index contributed by atoms with van der Waals surface area (Å²) in [5, 5.41) is 2.92. The lowest BCUT2D eigenvalue weighted by Gasteiger charge is -2.14. The van der Waals surface area contributed by atoms with Gasteiger partial charge in [-0.05, 0) is 85.5 Å². The van der Waals surface area contributed by atoms with E-state index in [9.17, 15) is 9.59 Å². The topological polar surface area (TPSA) is 58.6 Å². The number of hydrogen-bond acceptors (Lipinski definition) is 5. The van der Waals surface area contributed by atoms with E-state index in [0.717, 1.165) is 38.1 Å². The monoisotopic (exact) mass is 566 g/mol. The number of nitrogens with zero attached hydrogens (tertiary/aromatic N) is 1. The van der Waals surface area contributed by atoms with Gasteiger partial charge < -0.3 is 10.1 Å². The minimum atomic E-state index is -0.247. The van der Waals surface area contributed by atoms with E-state index in [-0.39, 0.29) is 18.4 Å². The van der Waals surface area contributed by atoms with E-state index in [0.29, 0.717) is 15.0 Å². The largest absolute Gasteiger partial charge is 0.484 e. The van der Waals surface area contributed by atoms with Crippen LogP contribution in [0.5, 0.6) is 5.75 Å². The van der Waals surface area contributed by atoms with Crippen molar-refractivity contribution in [2.75, 3.05) is 16.8 Å². The van der Waals surface area contributed by atoms with Gasteiger partial charge in [0.15, 0.2) is 10.9 Å². The summed E-state index contributed by atoms with van der Waals surface area (Å²) < 4.78 is 7.18. The summed E-state index contributed by atoms with van der Waals surface area (Å²) in [6.45, 7) is 5.73. The summed E-state index contributed by atoms with van der Waals surface area (Å²) in [4.78, 5) is 27.6. The third-order valence-electron chi connectivity index (χ3n) is 5.34. The van der Waals surface area contributed by atoms with Crippen LogP contribution in [0.15, 0.2) is 70.0 Å². The Bertz CT molecular complexity index is 1350. The highest BCUT2D eigenvalue weighted by molar-refractivity contribution is 9.10. The molecule has 3 aromatic rings. The Kier molecular flexibility index (Phi) is 7.74. The molecular formula is C27H23BrN2O3S2. The first kappa shape index (κ1) is 25.2. The van der Waals surface area contributed by atoms with Crippen molar-refractivity contribution >= 4 is 73.5 Å². The number of carbonyl (C=O) groups excluding carboxylic acids is 2. The van der Waals surface area contributed by atoms with Crippen molar-refractivity contribution < 1.29 is 14.3 Å². The molecule has 3 aromatic carbocycles. The van der Waals surface area contributed by atoms with E-state index in [1.54, 1.807) is 23.1 Å². The van der Waals surface area contributed by atoms with E-state index < -0.39 is 0 Å². The van der Waals surface area contributed by atoms with Crippen molar-refractivity contribution in [1.29, 1.82) is 0 Å². The third kappa shape index (κ3) is 6.01. The number of benzene rings is 3. The molecule has 0 aromatic heterocycles. The molecule has 1 aliphatic rings. The minimum absolute atomic E-state index is 0.131. The van der Waals surface area contributed by atoms with Gasteiger partial charge in [-0.3, -0.25) is 14.5 Å². The predicted octanol–water partition coefficient (Wildman–Crippen LogP) is 6.80. The molecule has 2 amide bonds. The van der Waals surface area contributed by atoms with Gasteiger partial charge in [0.25, 0.3) is 11.8 Å². The minimum Gasteiger partial charge on any atom is -0.484 e. The molecule has 1 N–H and O–H groups in total. The molecule has 0 aliphatic carbocycles. The molecular weight excluding hydrogens is 544 g/mol. The van der Waals surface area contributed by atoms with Crippen LogP contribution < -0.4 is 15.0 Å². The van der Waals surface area contributed by atoms with Gasteiger partial charge in [-0.25, -0.2) is 0 Å². The zero-order valence-corrected chi connectivity index (χ0v) is 22.6. The van der Waals surface area contributed by atoms with E-state index in [2.05, 4.69) is 21.2 Å². The van der Waals surface area contributed by atoms with E-state index in [4.69, 9.17) is 17.0 Å². The van der Waals surface area contributed by atoms with Crippen LogP contribution in [0, 0.1) is 20.8 Å². The first-order valence-electron chi connectivity index (χ1n) is 10.9. The summed E-state index contributed by atoms with van der Waals surface area (Å²) in [7, 11) is 0. The fourth-order valence-electron chi connectivity index (χ4n) is 3.74. The van der Waals surface area contributed by atoms with Crippen LogP contribution in [0.25, 0.3) is 6.08 Å². The van der Waals surface area contributed by atoms with Crippen LogP contribution in [0.3, 0.4) is 0 Å². The lowest BCUT2D eigenvalue weighted by Crippen LogP contribution is -2.27. The molecule has 35 heavy (non-hydrogen) atoms. The molecule has 1 fully saturated rings. The number of hydrogen-bond donors (Lipinski definition) is 1. The molecule has 0 saturated carbocycles. The Labute approximate surface area is 222 Å². The van der Waals surface area contributed by atoms with Crippen molar-refractivity contribution in [2.45, 2.75) is 20.8 Å². The average molecular weight is 568 g/mol. The first-order chi connectivity index (χ1) is 16.7. The van der Waals surface area contributed by atoms with E-state index >= 15 is 0 Å². The van der Waals surface area contributed by atoms with Crippen LogP contribution in [0.2, 0.25) is 0 Å². The number of carbonyl (C=O) groups is 2. The van der Waals surface area contributed by atoms with Crippen molar-refractivity contribution in [2.24, 2.45) is 0 Å². The number of nitrogens with one attached hydrogen (secondary N) is 1. The number of amides is 2. The summed E-state index contributed by atoms with van der Waals surface area (Å²) in [6, 6.07) is 18.9. The molecule has 5 nitrogen and oxygen atoms in total. The second-order valence-corrected chi connectivity index (χ2v) is 10.8. The van der Waals surface area contributed by atoms with Gasteiger partial charge in [0.05, 0.1) is 10.6 Å². The number of aryl methyl sites for hydroxylation is 3. The number of ether oxygens (including phenoxy) is 1. The van der Waals surface area contributed by atoms with Crippen LogP contribution in [-0.2, 0) is 9.59 Å². The highest BCUT2D eigenvalue weighted by Crippen LogP contribution is 2.36. The van der Waals surface area contributed by atoms with Gasteiger partial charge in [0.1, 0.15) is 5.75 Å². The highest BCUT2D eigenvalue weighted by Gasteiger charge is 2.33. The third-order valence-corrected chi connectivity index (χ3v) is 7.10. The highest BCUT2D eigenvalue weighted by atomic mass is 79.9. The fraction of sp³-hybridized carbons (Fsp3) is 0.148. The quantitative estimate of drug-likeness (QED) is 0.262. The molecule has 1 aliphatic heterocycles. The van der Waals surface area contributed by atoms with Gasteiger partial charge in [0, 0.05) is 10.2 Å². The molecule has 0 spiro atoms. The zero-order valence-electron chi connectivity index (χ0n) is 19.4. The SMILES string of the molecule is Cc1cccc(N2C(=O)/C(=C/c3cccc(OCC(=O)Nc4c(C)cc(Br)cc4C)c3)SC2=S)c1. The summed E-state index contributed by atoms with van der Waals surface area (Å²) in [6.07, 6.45) is 1.79. The summed E-state index contributed by atoms with van der Waals surface area (Å²) in [5.41, 5.74) is 5.32. The van der Waals surface area contributed by atoms with Gasteiger partial charge >= 0.3 is 0 Å². The van der Waals surface area contributed by atoms with Crippen molar-refractivity contribution in [1.82, 2.24) is 0 Å². The lowest BCUT2D eigenvalue weighted by molar-refractivity contribution is -0.118. The van der Waals surface area contributed by atoms with Crippen molar-refractivity contribution in [3.8, 4) is 5.75 Å². The standard InChI is InChI=1S/C27H23BrN2O3S2/c1-16-6-4-8-21(10-16)30-26(32)23(35-27(30)34)14-19-7-5-9-22(13-19)33-15-24(31)29-25-17(2)11-20(28)12-18(25)3/h4-14H,15H2,1-3H3,(H,29,31)/b23-14-. The Hall–Kier alpha value is -2.94. The second kappa shape index (κ2) is 10.8. The maximum Gasteiger partial charge on any atom is 0.270 e. The van der Waals surface area contributed by atoms with Gasteiger partial charge in [-0.15, -0.1) is 0 Å². The maximum atomic E-state index is 13.0. The average Bonchev–Trinajstić information content (AvgIpc) is 3.07. The van der Waals surface area contributed by atoms with Gasteiger partial charge in [-0.2, -0.15) is 0 Å². The Morgan fingerprint density at radius 2 is 1.80 bits per heavy atom. The Morgan fingerprint density at radius 3 is 2.51 bits per heavy atom. The molecule has 178 valence electrons. The maximum absolute atomic E-state index is 13.0. The van der Waals surface area contributed by atoms with Crippen molar-refractivity contribution in [3.63, 3.8) is 0 Å². The normalized spacial score (nSPS) is 14.5. The molecule has 0 bridgehead atoms. The molecule has 0 atom stereocenters. The van der Waals surface area contributed by atoms with E-state index in [1.165, 1.54) is 11.8 Å². The molecule has 0 radical (unpaired) electrons. The first-order valence-corrected chi connectivity index (χ1v) is 12.9. The van der Waals surface area contributed by atoms with Crippen LogP contribution in [0.4, 0.5) is 11.4 Å². The second-order valence-electron chi connectivity index (χ2n) is 8.18. The molecule has 1 heterocycles. The van der Waals surface area contributed by atoms with Crippen LogP contribution >= 0.6 is 39.9 Å². The predicted molar refractivity (Wildman–Crippen MR) is 151 cm³/mol. The summed E-state index contributed by atoms with van der Waals surface area (Å²) in [5.74, 6) is 0.131. The molecule has 4 rings (SSSR count). The van der Waals surface area contributed by atoms with Crippen LogP contribution in [-0.4, -0.2) is 22.7 Å².